The van der Waals surface area contributed by atoms with Crippen LogP contribution in [0.4, 0.5) is 10.5 Å². The number of imide groups is 1. The molecule has 7 heteroatoms. The van der Waals surface area contributed by atoms with Crippen molar-refractivity contribution in [2.24, 2.45) is 0 Å². The minimum atomic E-state index is -1.01. The standard InChI is InChI=1S/C14H14N2O5/c1-7(17)11-13(19)16(14(20)15-11)9-4-2-3-8-10(18)5-6-21-12(8)9/h2-4,7,11,17H,5-6H2,1H3,(H,15,20). The molecule has 21 heavy (non-hydrogen) atoms. The second kappa shape index (κ2) is 4.85. The Labute approximate surface area is 120 Å². The van der Waals surface area contributed by atoms with E-state index in [4.69, 9.17) is 4.74 Å². The van der Waals surface area contributed by atoms with Gasteiger partial charge in [-0.05, 0) is 19.1 Å². The number of para-hydroxylation sites is 1. The number of carbonyl (C=O) groups is 3. The largest absolute Gasteiger partial charge is 0.490 e. The summed E-state index contributed by atoms with van der Waals surface area (Å²) >= 11 is 0. The molecule has 0 aromatic heterocycles. The average Bonchev–Trinajstić information content (AvgIpc) is 2.74. The zero-order valence-electron chi connectivity index (χ0n) is 11.3. The minimum Gasteiger partial charge on any atom is -0.490 e. The highest BCUT2D eigenvalue weighted by atomic mass is 16.5. The summed E-state index contributed by atoms with van der Waals surface area (Å²) in [5, 5.41) is 12.0. The monoisotopic (exact) mass is 290 g/mol. The Kier molecular flexibility index (Phi) is 3.13. The topological polar surface area (TPSA) is 95.9 Å². The Morgan fingerprint density at radius 3 is 2.81 bits per heavy atom. The first-order valence-electron chi connectivity index (χ1n) is 6.62. The molecule has 0 spiro atoms. The Morgan fingerprint density at radius 2 is 2.14 bits per heavy atom. The van der Waals surface area contributed by atoms with Crippen LogP contribution >= 0.6 is 0 Å². The van der Waals surface area contributed by atoms with Gasteiger partial charge in [0.05, 0.1) is 24.0 Å². The number of hydrogen-bond acceptors (Lipinski definition) is 5. The van der Waals surface area contributed by atoms with Gasteiger partial charge in [-0.15, -0.1) is 0 Å². The fourth-order valence-electron chi connectivity index (χ4n) is 2.51. The maximum absolute atomic E-state index is 12.3. The first-order valence-corrected chi connectivity index (χ1v) is 6.62. The molecule has 2 atom stereocenters. The molecule has 2 N–H and O–H groups in total. The molecule has 0 radical (unpaired) electrons. The van der Waals surface area contributed by atoms with Crippen molar-refractivity contribution in [2.45, 2.75) is 25.5 Å². The highest BCUT2D eigenvalue weighted by molar-refractivity contribution is 6.23. The summed E-state index contributed by atoms with van der Waals surface area (Å²) in [6.45, 7) is 1.64. The number of hydrogen-bond donors (Lipinski definition) is 2. The number of anilines is 1. The number of ketones is 1. The maximum atomic E-state index is 12.3. The van der Waals surface area contributed by atoms with Gasteiger partial charge in [0, 0.05) is 6.42 Å². The van der Waals surface area contributed by atoms with Crippen molar-refractivity contribution in [3.05, 3.63) is 23.8 Å². The van der Waals surface area contributed by atoms with Gasteiger partial charge in [-0.25, -0.2) is 9.69 Å². The van der Waals surface area contributed by atoms with E-state index >= 15 is 0 Å². The highest BCUT2D eigenvalue weighted by Gasteiger charge is 2.43. The first kappa shape index (κ1) is 13.6. The summed E-state index contributed by atoms with van der Waals surface area (Å²) in [4.78, 5) is 37.1. The number of urea groups is 1. The third-order valence-electron chi connectivity index (χ3n) is 3.56. The van der Waals surface area contributed by atoms with Crippen LogP contribution in [0.1, 0.15) is 23.7 Å². The minimum absolute atomic E-state index is 0.0859. The molecule has 2 unspecified atom stereocenters. The van der Waals surface area contributed by atoms with Crippen LogP contribution < -0.4 is 15.0 Å². The second-order valence-corrected chi connectivity index (χ2v) is 5.02. The quantitative estimate of drug-likeness (QED) is 0.771. The van der Waals surface area contributed by atoms with Gasteiger partial charge in [0.2, 0.25) is 0 Å². The highest BCUT2D eigenvalue weighted by Crippen LogP contribution is 2.37. The Morgan fingerprint density at radius 1 is 1.38 bits per heavy atom. The third kappa shape index (κ3) is 2.06. The number of ether oxygens (including phenoxy) is 1. The molecule has 110 valence electrons. The third-order valence-corrected chi connectivity index (χ3v) is 3.56. The molecule has 0 bridgehead atoms. The van der Waals surface area contributed by atoms with Crippen LogP contribution in [0.25, 0.3) is 0 Å². The van der Waals surface area contributed by atoms with Crippen molar-refractivity contribution in [2.75, 3.05) is 11.5 Å². The van der Waals surface area contributed by atoms with E-state index in [9.17, 15) is 19.5 Å². The van der Waals surface area contributed by atoms with Gasteiger partial charge in [0.1, 0.15) is 6.04 Å². The Hall–Kier alpha value is -2.41. The number of benzene rings is 1. The SMILES string of the molecule is CC(O)C1NC(=O)N(c2cccc3c2OCCC3=O)C1=O. The zero-order valence-corrected chi connectivity index (χ0v) is 11.3. The van der Waals surface area contributed by atoms with Gasteiger partial charge >= 0.3 is 6.03 Å². The van der Waals surface area contributed by atoms with Crippen LogP contribution in [0.15, 0.2) is 18.2 Å². The van der Waals surface area contributed by atoms with Crippen molar-refractivity contribution < 1.29 is 24.2 Å². The van der Waals surface area contributed by atoms with Gasteiger partial charge < -0.3 is 15.2 Å². The lowest BCUT2D eigenvalue weighted by Gasteiger charge is -2.22. The molecule has 2 heterocycles. The number of Topliss-reactive ketones (excluding diaryl/α,β-unsaturated/α-hetero) is 1. The predicted octanol–water partition coefficient (Wildman–Crippen LogP) is 0.457. The van der Waals surface area contributed by atoms with Crippen molar-refractivity contribution in [1.82, 2.24) is 5.32 Å². The summed E-state index contributed by atoms with van der Waals surface area (Å²) in [7, 11) is 0. The summed E-state index contributed by atoms with van der Waals surface area (Å²) in [5.74, 6) is -0.411. The molecular formula is C14H14N2O5. The lowest BCUT2D eigenvalue weighted by molar-refractivity contribution is -0.120. The Bertz CT molecular complexity index is 640. The van der Waals surface area contributed by atoms with E-state index in [1.54, 1.807) is 18.2 Å². The number of aliphatic hydroxyl groups is 1. The normalized spacial score (nSPS) is 22.7. The molecule has 1 fully saturated rings. The number of nitrogens with zero attached hydrogens (tertiary/aromatic N) is 1. The van der Waals surface area contributed by atoms with Gasteiger partial charge in [-0.3, -0.25) is 9.59 Å². The van der Waals surface area contributed by atoms with Gasteiger partial charge in [0.25, 0.3) is 5.91 Å². The molecule has 7 nitrogen and oxygen atoms in total. The summed E-state index contributed by atoms with van der Waals surface area (Å²) < 4.78 is 5.47. The molecule has 0 saturated carbocycles. The number of fused-ring (bicyclic) bond motifs is 1. The summed E-state index contributed by atoms with van der Waals surface area (Å²) in [6, 6.07) is 3.11. The van der Waals surface area contributed by atoms with Crippen molar-refractivity contribution in [1.29, 1.82) is 0 Å². The van der Waals surface area contributed by atoms with Crippen LogP contribution in [0.3, 0.4) is 0 Å². The first-order chi connectivity index (χ1) is 10.0. The van der Waals surface area contributed by atoms with E-state index < -0.39 is 24.1 Å². The maximum Gasteiger partial charge on any atom is 0.329 e. The summed E-state index contributed by atoms with van der Waals surface area (Å²) in [5.41, 5.74) is 0.589. The van der Waals surface area contributed by atoms with Crippen molar-refractivity contribution in [3.8, 4) is 5.75 Å². The molecule has 1 aromatic carbocycles. The summed E-state index contributed by atoms with van der Waals surface area (Å²) in [6.07, 6.45) is -0.735. The van der Waals surface area contributed by atoms with Crippen molar-refractivity contribution in [3.63, 3.8) is 0 Å². The fourth-order valence-corrected chi connectivity index (χ4v) is 2.51. The molecule has 3 rings (SSSR count). The number of rotatable bonds is 2. The van der Waals surface area contributed by atoms with E-state index in [-0.39, 0.29) is 30.2 Å². The fraction of sp³-hybridized carbons (Fsp3) is 0.357. The predicted molar refractivity (Wildman–Crippen MR) is 72.4 cm³/mol. The number of amides is 3. The Balaban J connectivity index is 2.05. The van der Waals surface area contributed by atoms with E-state index in [0.717, 1.165) is 4.90 Å². The number of nitrogens with one attached hydrogen (secondary N) is 1. The molecular weight excluding hydrogens is 276 g/mol. The van der Waals surface area contributed by atoms with E-state index in [2.05, 4.69) is 5.32 Å². The van der Waals surface area contributed by atoms with E-state index in [1.165, 1.54) is 6.92 Å². The molecule has 1 saturated heterocycles. The number of aliphatic hydroxyl groups excluding tert-OH is 1. The molecule has 3 amide bonds. The van der Waals surface area contributed by atoms with Crippen LogP contribution in [0.2, 0.25) is 0 Å². The second-order valence-electron chi connectivity index (χ2n) is 5.02. The van der Waals surface area contributed by atoms with Crippen LogP contribution in [-0.4, -0.2) is 41.6 Å². The van der Waals surface area contributed by atoms with Gasteiger partial charge in [0.15, 0.2) is 11.5 Å². The van der Waals surface area contributed by atoms with E-state index in [0.29, 0.717) is 5.56 Å². The van der Waals surface area contributed by atoms with Crippen molar-refractivity contribution >= 4 is 23.4 Å². The van der Waals surface area contributed by atoms with Gasteiger partial charge in [-0.2, -0.15) is 0 Å². The molecule has 0 aliphatic carbocycles. The average molecular weight is 290 g/mol. The lowest BCUT2D eigenvalue weighted by atomic mass is 10.0. The van der Waals surface area contributed by atoms with Gasteiger partial charge in [-0.1, -0.05) is 6.07 Å². The molecule has 2 aliphatic rings. The molecule has 2 aliphatic heterocycles. The van der Waals surface area contributed by atoms with Crippen LogP contribution in [0.5, 0.6) is 5.75 Å². The number of carbonyl (C=O) groups excluding carboxylic acids is 3. The molecule has 1 aromatic rings. The van der Waals surface area contributed by atoms with E-state index in [1.807, 2.05) is 0 Å². The van der Waals surface area contributed by atoms with Crippen LogP contribution in [0, 0.1) is 0 Å². The van der Waals surface area contributed by atoms with Crippen LogP contribution in [-0.2, 0) is 4.79 Å². The zero-order chi connectivity index (χ0) is 15.1. The lowest BCUT2D eigenvalue weighted by Crippen LogP contribution is -2.39. The smallest absolute Gasteiger partial charge is 0.329 e.